The first-order chi connectivity index (χ1) is 12.6. The summed E-state index contributed by atoms with van der Waals surface area (Å²) in [7, 11) is 0. The van der Waals surface area contributed by atoms with Crippen molar-refractivity contribution in [1.29, 1.82) is 0 Å². The molecule has 2 amide bonds. The number of urea groups is 1. The highest BCUT2D eigenvalue weighted by Gasteiger charge is 2.17. The summed E-state index contributed by atoms with van der Waals surface area (Å²) in [5.74, 6) is -1.17. The van der Waals surface area contributed by atoms with Crippen LogP contribution in [0, 0.1) is 11.6 Å². The molecule has 3 rings (SSSR count). The van der Waals surface area contributed by atoms with Crippen molar-refractivity contribution in [2.45, 2.75) is 19.3 Å². The number of nitrogens with zero attached hydrogens (tertiary/aromatic N) is 1. The van der Waals surface area contributed by atoms with Gasteiger partial charge in [0.15, 0.2) is 0 Å². The van der Waals surface area contributed by atoms with Crippen LogP contribution in [0.2, 0.25) is 0 Å². The molecule has 4 nitrogen and oxygen atoms in total. The largest absolute Gasteiger partial charge is 0.371 e. The second-order valence-electron chi connectivity index (χ2n) is 6.35. The van der Waals surface area contributed by atoms with E-state index < -0.39 is 11.6 Å². The number of para-hydroxylation sites is 1. The Morgan fingerprint density at radius 3 is 2.54 bits per heavy atom. The number of carbonyl (C=O) groups excluding carboxylic acids is 1. The number of nitrogens with one attached hydrogen (secondary N) is 2. The normalized spacial score (nSPS) is 12.8. The molecular formula is C20H23F2N3O. The van der Waals surface area contributed by atoms with E-state index in [1.165, 1.54) is 29.4 Å². The van der Waals surface area contributed by atoms with Gasteiger partial charge in [-0.1, -0.05) is 24.3 Å². The van der Waals surface area contributed by atoms with Crippen molar-refractivity contribution in [3.8, 4) is 0 Å². The van der Waals surface area contributed by atoms with Crippen molar-refractivity contribution in [3.05, 3.63) is 65.2 Å². The van der Waals surface area contributed by atoms with Crippen LogP contribution in [0.15, 0.2) is 42.5 Å². The molecular weight excluding hydrogens is 336 g/mol. The van der Waals surface area contributed by atoms with Crippen molar-refractivity contribution >= 4 is 11.7 Å². The third-order valence-electron chi connectivity index (χ3n) is 4.60. The lowest BCUT2D eigenvalue weighted by atomic mass is 10.1. The van der Waals surface area contributed by atoms with Gasteiger partial charge in [-0.2, -0.15) is 0 Å². The van der Waals surface area contributed by atoms with Gasteiger partial charge in [-0.15, -0.1) is 0 Å². The number of hydrogen-bond acceptors (Lipinski definition) is 2. The first-order valence-electron chi connectivity index (χ1n) is 8.92. The van der Waals surface area contributed by atoms with E-state index in [0.29, 0.717) is 6.54 Å². The van der Waals surface area contributed by atoms with Gasteiger partial charge in [0.25, 0.3) is 0 Å². The monoisotopic (exact) mass is 359 g/mol. The van der Waals surface area contributed by atoms with Crippen LogP contribution in [-0.2, 0) is 12.8 Å². The number of hydrogen-bond donors (Lipinski definition) is 2. The molecule has 2 N–H and O–H groups in total. The fourth-order valence-corrected chi connectivity index (χ4v) is 3.25. The predicted octanol–water partition coefficient (Wildman–Crippen LogP) is 3.26. The van der Waals surface area contributed by atoms with E-state index in [0.717, 1.165) is 25.9 Å². The Morgan fingerprint density at radius 1 is 1.00 bits per heavy atom. The highest BCUT2D eigenvalue weighted by Crippen LogP contribution is 2.27. The van der Waals surface area contributed by atoms with Crippen molar-refractivity contribution in [2.75, 3.05) is 31.1 Å². The molecule has 26 heavy (non-hydrogen) atoms. The fraction of sp³-hybridized carbons (Fsp3) is 0.350. The maximum atomic E-state index is 13.5. The van der Waals surface area contributed by atoms with E-state index in [1.807, 2.05) is 6.07 Å². The fourth-order valence-electron chi connectivity index (χ4n) is 3.25. The number of rotatable bonds is 7. The average molecular weight is 359 g/mol. The summed E-state index contributed by atoms with van der Waals surface area (Å²) < 4.78 is 27.0. The highest BCUT2D eigenvalue weighted by molar-refractivity contribution is 5.73. The second-order valence-corrected chi connectivity index (χ2v) is 6.35. The molecule has 0 saturated heterocycles. The van der Waals surface area contributed by atoms with Crippen LogP contribution in [-0.4, -0.2) is 32.2 Å². The highest BCUT2D eigenvalue weighted by atomic mass is 19.1. The molecule has 2 aromatic carbocycles. The molecule has 0 bridgehead atoms. The summed E-state index contributed by atoms with van der Waals surface area (Å²) in [5, 5.41) is 5.41. The molecule has 0 unspecified atom stereocenters. The third-order valence-corrected chi connectivity index (χ3v) is 4.60. The molecule has 1 aliphatic rings. The van der Waals surface area contributed by atoms with Crippen LogP contribution in [0.25, 0.3) is 0 Å². The van der Waals surface area contributed by atoms with Gasteiger partial charge >= 0.3 is 6.03 Å². The standard InChI is InChI=1S/C20H23F2N3O/c21-17-6-3-7-18(22)16(17)9-12-24-20(26)23-11-4-13-25-14-10-15-5-1-2-8-19(15)25/h1-3,5-8H,4,9-14H2,(H2,23,24,26). The molecule has 0 spiro atoms. The van der Waals surface area contributed by atoms with E-state index in [2.05, 4.69) is 33.7 Å². The van der Waals surface area contributed by atoms with Gasteiger partial charge in [-0.05, 0) is 43.0 Å². The number of amides is 2. The van der Waals surface area contributed by atoms with Crippen molar-refractivity contribution in [3.63, 3.8) is 0 Å². The minimum atomic E-state index is -0.585. The molecule has 6 heteroatoms. The lowest BCUT2D eigenvalue weighted by Gasteiger charge is -2.19. The van der Waals surface area contributed by atoms with Gasteiger partial charge in [0, 0.05) is 37.4 Å². The maximum absolute atomic E-state index is 13.5. The summed E-state index contributed by atoms with van der Waals surface area (Å²) in [6, 6.07) is 11.8. The Hall–Kier alpha value is -2.63. The number of fused-ring (bicyclic) bond motifs is 1. The molecule has 0 aromatic heterocycles. The Labute approximate surface area is 152 Å². The summed E-state index contributed by atoms with van der Waals surface area (Å²) in [5.41, 5.74) is 2.66. The zero-order valence-corrected chi connectivity index (χ0v) is 14.6. The Balaban J connectivity index is 1.33. The van der Waals surface area contributed by atoms with Crippen LogP contribution < -0.4 is 15.5 Å². The quantitative estimate of drug-likeness (QED) is 0.746. The van der Waals surface area contributed by atoms with E-state index >= 15 is 0 Å². The minimum absolute atomic E-state index is 0.000462. The van der Waals surface area contributed by atoms with Crippen LogP contribution in [0.3, 0.4) is 0 Å². The molecule has 0 aliphatic carbocycles. The van der Waals surface area contributed by atoms with Gasteiger partial charge in [-0.25, -0.2) is 13.6 Å². The molecule has 0 atom stereocenters. The van der Waals surface area contributed by atoms with Crippen molar-refractivity contribution in [1.82, 2.24) is 10.6 Å². The zero-order chi connectivity index (χ0) is 18.4. The molecule has 138 valence electrons. The van der Waals surface area contributed by atoms with Gasteiger partial charge in [-0.3, -0.25) is 0 Å². The molecule has 0 radical (unpaired) electrons. The number of carbonyl (C=O) groups is 1. The zero-order valence-electron chi connectivity index (χ0n) is 14.6. The Kier molecular flexibility index (Phi) is 6.04. The maximum Gasteiger partial charge on any atom is 0.314 e. The topological polar surface area (TPSA) is 44.4 Å². The van der Waals surface area contributed by atoms with E-state index in [4.69, 9.17) is 0 Å². The molecule has 2 aromatic rings. The number of halogens is 2. The number of anilines is 1. The first kappa shape index (κ1) is 18.2. The molecule has 0 saturated carbocycles. The van der Waals surface area contributed by atoms with Gasteiger partial charge in [0.05, 0.1) is 0 Å². The van der Waals surface area contributed by atoms with Crippen LogP contribution in [0.1, 0.15) is 17.5 Å². The van der Waals surface area contributed by atoms with Gasteiger partial charge in [0.1, 0.15) is 11.6 Å². The number of benzene rings is 2. The van der Waals surface area contributed by atoms with E-state index in [9.17, 15) is 13.6 Å². The van der Waals surface area contributed by atoms with Crippen molar-refractivity contribution < 1.29 is 13.6 Å². The predicted molar refractivity (Wildman–Crippen MR) is 98.4 cm³/mol. The van der Waals surface area contributed by atoms with Crippen molar-refractivity contribution in [2.24, 2.45) is 0 Å². The smallest absolute Gasteiger partial charge is 0.314 e. The summed E-state index contributed by atoms with van der Waals surface area (Å²) in [4.78, 5) is 14.1. The van der Waals surface area contributed by atoms with E-state index in [1.54, 1.807) is 0 Å². The van der Waals surface area contributed by atoms with Gasteiger partial charge < -0.3 is 15.5 Å². The average Bonchev–Trinajstić information content (AvgIpc) is 3.04. The first-order valence-corrected chi connectivity index (χ1v) is 8.92. The minimum Gasteiger partial charge on any atom is -0.371 e. The third kappa shape index (κ3) is 4.50. The lowest BCUT2D eigenvalue weighted by molar-refractivity contribution is 0.241. The lowest BCUT2D eigenvalue weighted by Crippen LogP contribution is -2.38. The second kappa shape index (κ2) is 8.65. The Morgan fingerprint density at radius 2 is 1.73 bits per heavy atom. The van der Waals surface area contributed by atoms with Gasteiger partial charge in [0.2, 0.25) is 0 Å². The summed E-state index contributed by atoms with van der Waals surface area (Å²) >= 11 is 0. The van der Waals surface area contributed by atoms with Crippen LogP contribution >= 0.6 is 0 Å². The molecule has 1 heterocycles. The summed E-state index contributed by atoms with van der Waals surface area (Å²) in [6.45, 7) is 2.64. The van der Waals surface area contributed by atoms with Crippen LogP contribution in [0.5, 0.6) is 0 Å². The van der Waals surface area contributed by atoms with Crippen LogP contribution in [0.4, 0.5) is 19.3 Å². The Bertz CT molecular complexity index is 746. The molecule has 1 aliphatic heterocycles. The van der Waals surface area contributed by atoms with E-state index in [-0.39, 0.29) is 24.6 Å². The SMILES string of the molecule is O=C(NCCCN1CCc2ccccc21)NCCc1c(F)cccc1F. The molecule has 0 fully saturated rings. The summed E-state index contributed by atoms with van der Waals surface area (Å²) in [6.07, 6.45) is 2.02.